The molecule has 0 unspecified atom stereocenters. The molecule has 0 spiro atoms. The van der Waals surface area contributed by atoms with Crippen LogP contribution >= 0.6 is 0 Å². The molecular weight excluding hydrogens is 307 g/mol. The molecule has 3 aromatic rings. The first-order valence-corrected chi connectivity index (χ1v) is 8.16. The molecular formula is C17H21FN6. The van der Waals surface area contributed by atoms with E-state index in [1.165, 1.54) is 12.1 Å². The molecule has 7 heteroatoms. The van der Waals surface area contributed by atoms with Crippen molar-refractivity contribution in [3.8, 4) is 11.4 Å². The maximum absolute atomic E-state index is 13.1. The third-order valence-corrected chi connectivity index (χ3v) is 3.99. The van der Waals surface area contributed by atoms with Crippen molar-refractivity contribution in [1.29, 1.82) is 0 Å². The fraction of sp³-hybridized carbons (Fsp3) is 0.353. The smallest absolute Gasteiger partial charge is 0.185 e. The first kappa shape index (κ1) is 16.3. The monoisotopic (exact) mass is 328 g/mol. The minimum absolute atomic E-state index is 0.278. The number of anilines is 1. The van der Waals surface area contributed by atoms with Crippen molar-refractivity contribution in [3.05, 3.63) is 42.2 Å². The van der Waals surface area contributed by atoms with Gasteiger partial charge in [-0.1, -0.05) is 13.8 Å². The number of hydrogen-bond donors (Lipinski definition) is 1. The summed E-state index contributed by atoms with van der Waals surface area (Å²) in [6.07, 6.45) is 0. The second-order valence-corrected chi connectivity index (χ2v) is 5.47. The summed E-state index contributed by atoms with van der Waals surface area (Å²) in [6.45, 7) is 8.14. The highest BCUT2D eigenvalue weighted by Gasteiger charge is 2.10. The van der Waals surface area contributed by atoms with E-state index in [0.717, 1.165) is 37.6 Å². The highest BCUT2D eigenvalue weighted by atomic mass is 19.1. The fourth-order valence-corrected chi connectivity index (χ4v) is 2.54. The Hall–Kier alpha value is -2.54. The highest BCUT2D eigenvalue weighted by Crippen LogP contribution is 2.18. The quantitative estimate of drug-likeness (QED) is 0.722. The number of fused-ring (bicyclic) bond motifs is 1. The van der Waals surface area contributed by atoms with Crippen molar-refractivity contribution in [3.63, 3.8) is 0 Å². The molecule has 24 heavy (non-hydrogen) atoms. The lowest BCUT2D eigenvalue weighted by Crippen LogP contribution is -2.28. The van der Waals surface area contributed by atoms with Crippen LogP contribution in [0.2, 0.25) is 0 Å². The van der Waals surface area contributed by atoms with Crippen LogP contribution in [0, 0.1) is 5.82 Å². The Kier molecular flexibility index (Phi) is 5.00. The standard InChI is InChI=1S/C17H21FN6/c1-3-23(4-2)12-11-19-15-9-10-16-20-21-17(24(16)22-15)13-5-7-14(18)8-6-13/h5-10H,3-4,11-12H2,1-2H3,(H,19,22). The Morgan fingerprint density at radius 3 is 2.50 bits per heavy atom. The van der Waals surface area contributed by atoms with Gasteiger partial charge in [0, 0.05) is 18.7 Å². The van der Waals surface area contributed by atoms with E-state index in [1.807, 2.05) is 12.1 Å². The Bertz CT molecular complexity index is 794. The normalized spacial score (nSPS) is 11.3. The number of aromatic nitrogens is 4. The summed E-state index contributed by atoms with van der Waals surface area (Å²) in [5, 5.41) is 16.2. The van der Waals surface area contributed by atoms with Crippen LogP contribution in [0.15, 0.2) is 36.4 Å². The Morgan fingerprint density at radius 1 is 1.04 bits per heavy atom. The van der Waals surface area contributed by atoms with E-state index in [-0.39, 0.29) is 5.82 Å². The van der Waals surface area contributed by atoms with E-state index in [1.54, 1.807) is 16.6 Å². The fourth-order valence-electron chi connectivity index (χ4n) is 2.54. The van der Waals surface area contributed by atoms with E-state index in [2.05, 4.69) is 39.4 Å². The zero-order valence-corrected chi connectivity index (χ0v) is 13.9. The van der Waals surface area contributed by atoms with Gasteiger partial charge < -0.3 is 10.2 Å². The molecule has 0 aliphatic heterocycles. The van der Waals surface area contributed by atoms with Gasteiger partial charge in [-0.2, -0.15) is 4.52 Å². The molecule has 0 amide bonds. The summed E-state index contributed by atoms with van der Waals surface area (Å²) in [7, 11) is 0. The Balaban J connectivity index is 1.79. The Morgan fingerprint density at radius 2 is 1.79 bits per heavy atom. The van der Waals surface area contributed by atoms with Gasteiger partial charge in [0.1, 0.15) is 11.6 Å². The van der Waals surface area contributed by atoms with Crippen molar-refractivity contribution in [1.82, 2.24) is 24.7 Å². The van der Waals surface area contributed by atoms with Gasteiger partial charge in [-0.25, -0.2) is 4.39 Å². The van der Waals surface area contributed by atoms with Crippen LogP contribution in [0.4, 0.5) is 10.2 Å². The number of halogens is 1. The molecule has 1 N–H and O–H groups in total. The van der Waals surface area contributed by atoms with Crippen LogP contribution in [0.25, 0.3) is 17.0 Å². The molecule has 0 radical (unpaired) electrons. The molecule has 1 aromatic carbocycles. The van der Waals surface area contributed by atoms with Gasteiger partial charge in [0.25, 0.3) is 0 Å². The summed E-state index contributed by atoms with van der Waals surface area (Å²) in [5.74, 6) is 1.08. The maximum Gasteiger partial charge on any atom is 0.185 e. The van der Waals surface area contributed by atoms with Gasteiger partial charge in [0.05, 0.1) is 0 Å². The van der Waals surface area contributed by atoms with Gasteiger partial charge >= 0.3 is 0 Å². The Labute approximate surface area is 140 Å². The predicted octanol–water partition coefficient (Wildman–Crippen LogP) is 2.68. The molecule has 2 aromatic heterocycles. The third kappa shape index (κ3) is 3.51. The molecule has 0 saturated carbocycles. The number of nitrogens with zero attached hydrogens (tertiary/aromatic N) is 5. The van der Waals surface area contributed by atoms with E-state index < -0.39 is 0 Å². The van der Waals surface area contributed by atoms with Gasteiger partial charge in [0.2, 0.25) is 0 Å². The average Bonchev–Trinajstić information content (AvgIpc) is 3.03. The first-order chi connectivity index (χ1) is 11.7. The molecule has 0 saturated heterocycles. The van der Waals surface area contributed by atoms with Crippen molar-refractivity contribution in [2.45, 2.75) is 13.8 Å². The molecule has 0 aliphatic carbocycles. The van der Waals surface area contributed by atoms with Crippen molar-refractivity contribution >= 4 is 11.5 Å². The molecule has 6 nitrogen and oxygen atoms in total. The number of hydrogen-bond acceptors (Lipinski definition) is 5. The lowest BCUT2D eigenvalue weighted by atomic mass is 10.2. The SMILES string of the molecule is CCN(CC)CCNc1ccc2nnc(-c3ccc(F)cc3)n2n1. The van der Waals surface area contributed by atoms with Crippen molar-refractivity contribution in [2.24, 2.45) is 0 Å². The summed E-state index contributed by atoms with van der Waals surface area (Å²) in [6, 6.07) is 9.92. The molecule has 0 bridgehead atoms. The minimum Gasteiger partial charge on any atom is -0.367 e. The number of rotatable bonds is 7. The predicted molar refractivity (Wildman–Crippen MR) is 92.5 cm³/mol. The molecule has 0 atom stereocenters. The molecule has 126 valence electrons. The zero-order chi connectivity index (χ0) is 16.9. The minimum atomic E-state index is -0.278. The van der Waals surface area contributed by atoms with Gasteiger partial charge in [0.15, 0.2) is 11.5 Å². The van der Waals surface area contributed by atoms with Gasteiger partial charge in [-0.05, 0) is 49.5 Å². The zero-order valence-electron chi connectivity index (χ0n) is 13.9. The van der Waals surface area contributed by atoms with Crippen molar-refractivity contribution in [2.75, 3.05) is 31.5 Å². The van der Waals surface area contributed by atoms with Gasteiger partial charge in [-0.15, -0.1) is 15.3 Å². The van der Waals surface area contributed by atoms with E-state index in [9.17, 15) is 4.39 Å². The second-order valence-electron chi connectivity index (χ2n) is 5.47. The maximum atomic E-state index is 13.1. The van der Waals surface area contributed by atoms with E-state index in [4.69, 9.17) is 0 Å². The van der Waals surface area contributed by atoms with Crippen LogP contribution in [0.1, 0.15) is 13.8 Å². The van der Waals surface area contributed by atoms with Crippen LogP contribution in [-0.2, 0) is 0 Å². The number of nitrogens with one attached hydrogen (secondary N) is 1. The molecule has 0 aliphatic rings. The number of benzene rings is 1. The largest absolute Gasteiger partial charge is 0.367 e. The summed E-state index contributed by atoms with van der Waals surface area (Å²) in [4.78, 5) is 2.34. The lowest BCUT2D eigenvalue weighted by molar-refractivity contribution is 0.316. The van der Waals surface area contributed by atoms with Gasteiger partial charge in [-0.3, -0.25) is 0 Å². The average molecular weight is 328 g/mol. The lowest BCUT2D eigenvalue weighted by Gasteiger charge is -2.18. The van der Waals surface area contributed by atoms with E-state index in [0.29, 0.717) is 11.5 Å². The second kappa shape index (κ2) is 7.35. The van der Waals surface area contributed by atoms with Crippen LogP contribution in [-0.4, -0.2) is 50.9 Å². The summed E-state index contributed by atoms with van der Waals surface area (Å²) < 4.78 is 14.8. The van der Waals surface area contributed by atoms with Crippen LogP contribution in [0.5, 0.6) is 0 Å². The number of likely N-dealkylation sites (N-methyl/N-ethyl adjacent to an activating group) is 1. The summed E-state index contributed by atoms with van der Waals surface area (Å²) >= 11 is 0. The van der Waals surface area contributed by atoms with Crippen LogP contribution in [0.3, 0.4) is 0 Å². The van der Waals surface area contributed by atoms with Crippen molar-refractivity contribution < 1.29 is 4.39 Å². The first-order valence-electron chi connectivity index (χ1n) is 8.16. The summed E-state index contributed by atoms with van der Waals surface area (Å²) in [5.41, 5.74) is 1.43. The molecule has 3 rings (SSSR count). The van der Waals surface area contributed by atoms with E-state index >= 15 is 0 Å². The molecule has 2 heterocycles. The molecule has 0 fully saturated rings. The topological polar surface area (TPSA) is 58.3 Å². The van der Waals surface area contributed by atoms with Crippen LogP contribution < -0.4 is 5.32 Å². The third-order valence-electron chi connectivity index (χ3n) is 3.99. The highest BCUT2D eigenvalue weighted by molar-refractivity contribution is 5.59.